The van der Waals surface area contributed by atoms with Gasteiger partial charge in [-0.25, -0.2) is 4.98 Å². The third kappa shape index (κ3) is 8.51. The highest BCUT2D eigenvalue weighted by atomic mass is 16.3. The summed E-state index contributed by atoms with van der Waals surface area (Å²) in [6.45, 7) is 8.89. The Labute approximate surface area is 378 Å². The number of benzene rings is 4. The first-order valence-electron chi connectivity index (χ1n) is 25.6. The third-order valence-electron chi connectivity index (χ3n) is 14.6. The molecule has 0 fully saturated rings. The maximum atomic E-state index is 15.8. The van der Waals surface area contributed by atoms with Gasteiger partial charge in [-0.3, -0.25) is 23.5 Å². The van der Waals surface area contributed by atoms with Crippen LogP contribution in [-0.2, 0) is 0 Å². The molecule has 4 heterocycles. The van der Waals surface area contributed by atoms with Crippen LogP contribution in [0.4, 0.5) is 0 Å². The number of nitrogens with one attached hydrogen (secondary N) is 1. The standard InChI is InChI=1S/C56H72N4O4/c1-5-9-13-17-21-29-37(30-22-18-14-10-6-2)59-53(61)47-43-39-33-25-27-35-41(39)58-52(43)50-46-45(47)49(55(59)63)51-44(40-34-26-28-36-42(40)57-51)48(46)54(62)60(56(50)64)38(31-23-19-15-11-7-3)32-24-20-16-12-8-4/h25-28,33-38,57,64H,5-24,29-32H2,1-4H3. The van der Waals surface area contributed by atoms with E-state index < -0.39 is 0 Å². The molecule has 4 aromatic heterocycles. The van der Waals surface area contributed by atoms with Crippen molar-refractivity contribution in [1.82, 2.24) is 19.1 Å². The number of para-hydroxylation sites is 2. The van der Waals surface area contributed by atoms with Gasteiger partial charge in [-0.1, -0.05) is 193 Å². The molecule has 64 heavy (non-hydrogen) atoms. The number of hydrogen-bond acceptors (Lipinski definition) is 5. The van der Waals surface area contributed by atoms with E-state index in [1.54, 1.807) is 9.13 Å². The van der Waals surface area contributed by atoms with Crippen LogP contribution in [0.2, 0.25) is 0 Å². The van der Waals surface area contributed by atoms with E-state index in [2.05, 4.69) is 32.7 Å². The van der Waals surface area contributed by atoms with Gasteiger partial charge in [0.25, 0.3) is 16.7 Å². The summed E-state index contributed by atoms with van der Waals surface area (Å²) in [5.41, 5.74) is 1.77. The van der Waals surface area contributed by atoms with Crippen molar-refractivity contribution in [3.05, 3.63) is 79.6 Å². The van der Waals surface area contributed by atoms with E-state index in [9.17, 15) is 5.11 Å². The lowest BCUT2D eigenvalue weighted by atomic mass is 9.89. The smallest absolute Gasteiger partial charge is 0.263 e. The molecule has 0 bridgehead atoms. The predicted molar refractivity (Wildman–Crippen MR) is 272 cm³/mol. The fourth-order valence-electron chi connectivity index (χ4n) is 11.3. The largest absolute Gasteiger partial charge is 0.494 e. The highest BCUT2D eigenvalue weighted by Gasteiger charge is 2.33. The monoisotopic (exact) mass is 865 g/mol. The average molecular weight is 865 g/mol. The SMILES string of the molecule is CCCCCCCC(CCCCCCC)n1c(O)c2c3nc4ccccc4c3c3c(=O)n(C(CCCCCCC)CCCCCCC)c(=O)c4c5[nH]c6ccccc6c5c(c1=O)c2c43. The predicted octanol–water partition coefficient (Wildman–Crippen LogP) is 15.3. The first-order chi connectivity index (χ1) is 31.4. The average Bonchev–Trinajstić information content (AvgIpc) is 3.88. The molecule has 0 saturated carbocycles. The third-order valence-corrected chi connectivity index (χ3v) is 14.6. The van der Waals surface area contributed by atoms with E-state index >= 15 is 14.4 Å². The normalized spacial score (nSPS) is 12.5. The van der Waals surface area contributed by atoms with Crippen molar-refractivity contribution < 1.29 is 5.11 Å². The van der Waals surface area contributed by atoms with Crippen LogP contribution in [0.25, 0.3) is 75.9 Å². The summed E-state index contributed by atoms with van der Waals surface area (Å²) in [5, 5.41) is 18.7. The Morgan fingerprint density at radius 1 is 0.469 bits per heavy atom. The first kappa shape index (κ1) is 45.6. The molecule has 340 valence electrons. The molecule has 8 heteroatoms. The van der Waals surface area contributed by atoms with Crippen LogP contribution < -0.4 is 16.7 Å². The lowest BCUT2D eigenvalue weighted by Crippen LogP contribution is -2.37. The summed E-state index contributed by atoms with van der Waals surface area (Å²) in [6.07, 6.45) is 25.1. The zero-order chi connectivity index (χ0) is 44.7. The van der Waals surface area contributed by atoms with Gasteiger partial charge in [-0.2, -0.15) is 0 Å². The number of aromatic amines is 1. The number of hydrogen-bond donors (Lipinski definition) is 2. The Balaban J connectivity index is 1.48. The number of unbranched alkanes of at least 4 members (excludes halogenated alkanes) is 16. The highest BCUT2D eigenvalue weighted by Crippen LogP contribution is 2.48. The number of H-pyrrole nitrogens is 1. The van der Waals surface area contributed by atoms with Crippen LogP contribution in [0.5, 0.6) is 5.88 Å². The molecule has 0 radical (unpaired) electrons. The van der Waals surface area contributed by atoms with Crippen molar-refractivity contribution in [1.29, 1.82) is 0 Å². The van der Waals surface area contributed by atoms with Gasteiger partial charge in [-0.15, -0.1) is 0 Å². The zero-order valence-corrected chi connectivity index (χ0v) is 39.3. The molecule has 0 aliphatic rings. The summed E-state index contributed by atoms with van der Waals surface area (Å²) < 4.78 is 3.31. The summed E-state index contributed by atoms with van der Waals surface area (Å²) in [4.78, 5) is 56.1. The van der Waals surface area contributed by atoms with Gasteiger partial charge >= 0.3 is 0 Å². The van der Waals surface area contributed by atoms with Gasteiger partial charge in [0.1, 0.15) is 0 Å². The van der Waals surface area contributed by atoms with Gasteiger partial charge < -0.3 is 10.1 Å². The number of fused-ring (bicyclic) bond motifs is 10. The number of rotatable bonds is 26. The van der Waals surface area contributed by atoms with Crippen LogP contribution in [0.15, 0.2) is 62.9 Å². The molecular weight excluding hydrogens is 793 g/mol. The van der Waals surface area contributed by atoms with Crippen molar-refractivity contribution in [2.75, 3.05) is 0 Å². The Kier molecular flexibility index (Phi) is 14.9. The van der Waals surface area contributed by atoms with Crippen LogP contribution >= 0.6 is 0 Å². The van der Waals surface area contributed by atoms with Crippen LogP contribution in [-0.4, -0.2) is 24.2 Å². The number of pyridine rings is 2. The van der Waals surface area contributed by atoms with E-state index in [-0.39, 0.29) is 34.6 Å². The van der Waals surface area contributed by atoms with Gasteiger partial charge in [0.2, 0.25) is 5.88 Å². The van der Waals surface area contributed by atoms with Crippen molar-refractivity contribution in [3.63, 3.8) is 0 Å². The second kappa shape index (κ2) is 20.9. The van der Waals surface area contributed by atoms with E-state index in [0.29, 0.717) is 54.1 Å². The highest BCUT2D eigenvalue weighted by molar-refractivity contribution is 6.44. The Hall–Kier alpha value is -4.98. The summed E-state index contributed by atoms with van der Waals surface area (Å²) >= 11 is 0. The summed E-state index contributed by atoms with van der Waals surface area (Å²) in [6, 6.07) is 15.4. The maximum Gasteiger partial charge on any atom is 0.263 e. The topological polar surface area (TPSA) is 110 Å². The van der Waals surface area contributed by atoms with Crippen molar-refractivity contribution in [3.8, 4) is 5.88 Å². The lowest BCUT2D eigenvalue weighted by molar-refractivity contribution is 0.334. The first-order valence-corrected chi connectivity index (χ1v) is 25.6. The van der Waals surface area contributed by atoms with Gasteiger partial charge in [0.05, 0.1) is 38.1 Å². The molecule has 0 aliphatic heterocycles. The number of aromatic nitrogens is 4. The minimum Gasteiger partial charge on any atom is -0.494 e. The second-order valence-electron chi connectivity index (χ2n) is 19.1. The van der Waals surface area contributed by atoms with Crippen LogP contribution in [0.1, 0.15) is 194 Å². The molecular formula is C56H72N4O4. The number of aromatic hydroxyl groups is 1. The lowest BCUT2D eigenvalue weighted by Gasteiger charge is -2.25. The molecule has 2 N–H and O–H groups in total. The molecule has 8 nitrogen and oxygen atoms in total. The molecule has 0 saturated heterocycles. The molecule has 0 atom stereocenters. The molecule has 4 aromatic carbocycles. The van der Waals surface area contributed by atoms with E-state index in [0.717, 1.165) is 150 Å². The van der Waals surface area contributed by atoms with Crippen molar-refractivity contribution in [2.45, 2.75) is 194 Å². The fourth-order valence-corrected chi connectivity index (χ4v) is 11.3. The van der Waals surface area contributed by atoms with Gasteiger partial charge in [-0.05, 0) is 37.8 Å². The molecule has 8 aromatic rings. The Bertz CT molecular complexity index is 2990. The second-order valence-corrected chi connectivity index (χ2v) is 19.1. The Morgan fingerprint density at radius 2 is 0.906 bits per heavy atom. The van der Waals surface area contributed by atoms with Crippen LogP contribution in [0, 0.1) is 0 Å². The van der Waals surface area contributed by atoms with Crippen LogP contribution in [0.3, 0.4) is 0 Å². The maximum absolute atomic E-state index is 15.8. The minimum absolute atomic E-state index is 0.103. The summed E-state index contributed by atoms with van der Waals surface area (Å²) in [5.74, 6) is -0.103. The molecule has 0 amide bonds. The van der Waals surface area contributed by atoms with E-state index in [1.165, 1.54) is 25.7 Å². The number of nitrogens with zero attached hydrogens (tertiary/aromatic N) is 3. The van der Waals surface area contributed by atoms with Gasteiger partial charge in [0, 0.05) is 49.9 Å². The molecule has 0 aliphatic carbocycles. The van der Waals surface area contributed by atoms with Crippen molar-refractivity contribution >= 4 is 75.9 Å². The molecule has 8 rings (SSSR count). The molecule has 0 unspecified atom stereocenters. The van der Waals surface area contributed by atoms with E-state index in [4.69, 9.17) is 4.98 Å². The fraction of sp³-hybridized carbons (Fsp3) is 0.536. The van der Waals surface area contributed by atoms with Gasteiger partial charge in [0.15, 0.2) is 0 Å². The Morgan fingerprint density at radius 3 is 1.47 bits per heavy atom. The van der Waals surface area contributed by atoms with E-state index in [1.807, 2.05) is 48.5 Å². The summed E-state index contributed by atoms with van der Waals surface area (Å²) in [7, 11) is 0. The van der Waals surface area contributed by atoms with Crippen molar-refractivity contribution in [2.24, 2.45) is 0 Å². The minimum atomic E-state index is -0.313. The quantitative estimate of drug-likeness (QED) is 0.0416. The zero-order valence-electron chi connectivity index (χ0n) is 39.3. The molecule has 0 spiro atoms.